The predicted molar refractivity (Wildman–Crippen MR) is 71.7 cm³/mol. The first-order valence-electron chi connectivity index (χ1n) is 5.77. The molecule has 0 bridgehead atoms. The second-order valence-corrected chi connectivity index (χ2v) is 6.03. The molecule has 0 aliphatic heterocycles. The van der Waals surface area contributed by atoms with Gasteiger partial charge in [0.05, 0.1) is 18.6 Å². The number of hydrogen-bond acceptors (Lipinski definition) is 5. The highest BCUT2D eigenvalue weighted by Crippen LogP contribution is 2.22. The zero-order valence-electron chi connectivity index (χ0n) is 10.7. The Labute approximate surface area is 112 Å². The highest BCUT2D eigenvalue weighted by Gasteiger charge is 2.16. The second kappa shape index (κ2) is 5.36. The van der Waals surface area contributed by atoms with Crippen molar-refractivity contribution in [2.75, 3.05) is 12.9 Å². The van der Waals surface area contributed by atoms with Gasteiger partial charge in [-0.3, -0.25) is 0 Å². The molecule has 0 saturated carbocycles. The summed E-state index contributed by atoms with van der Waals surface area (Å²) in [6.07, 6.45) is 1.45. The Morgan fingerprint density at radius 3 is 2.74 bits per heavy atom. The summed E-state index contributed by atoms with van der Waals surface area (Å²) in [6.45, 7) is 1.57. The summed E-state index contributed by atoms with van der Waals surface area (Å²) >= 11 is 0. The van der Waals surface area contributed by atoms with Gasteiger partial charge in [0.25, 0.3) is 0 Å². The molecule has 0 unspecified atom stereocenters. The van der Waals surface area contributed by atoms with Gasteiger partial charge >= 0.3 is 0 Å². The van der Waals surface area contributed by atoms with Crippen molar-refractivity contribution in [1.82, 2.24) is 9.97 Å². The van der Waals surface area contributed by atoms with Crippen LogP contribution >= 0.6 is 0 Å². The molecule has 0 amide bonds. The molecule has 0 N–H and O–H groups in total. The average Bonchev–Trinajstić information content (AvgIpc) is 2.47. The molecule has 0 fully saturated rings. The standard InChI is InChI=1S/C13H14N2O3S/c1-3-19(16,17)13-14-8-7-12(15-13)10-5-4-6-11(9-10)18-2/h4-9H,3H2,1-2H3. The molecule has 0 saturated heterocycles. The van der Waals surface area contributed by atoms with Crippen molar-refractivity contribution in [2.45, 2.75) is 12.1 Å². The van der Waals surface area contributed by atoms with Gasteiger partial charge < -0.3 is 4.74 Å². The Balaban J connectivity index is 2.49. The van der Waals surface area contributed by atoms with Crippen molar-refractivity contribution in [2.24, 2.45) is 0 Å². The smallest absolute Gasteiger partial charge is 0.247 e. The molecule has 5 nitrogen and oxygen atoms in total. The van der Waals surface area contributed by atoms with Crippen LogP contribution < -0.4 is 4.74 Å². The molecule has 1 aromatic heterocycles. The number of rotatable bonds is 4. The van der Waals surface area contributed by atoms with Crippen LogP contribution in [0.15, 0.2) is 41.7 Å². The first kappa shape index (κ1) is 13.5. The Morgan fingerprint density at radius 1 is 1.26 bits per heavy atom. The summed E-state index contributed by atoms with van der Waals surface area (Å²) in [4.78, 5) is 7.93. The largest absolute Gasteiger partial charge is 0.497 e. The summed E-state index contributed by atoms with van der Waals surface area (Å²) < 4.78 is 28.6. The SMILES string of the molecule is CCS(=O)(=O)c1nccc(-c2cccc(OC)c2)n1. The molecule has 0 aliphatic rings. The lowest BCUT2D eigenvalue weighted by atomic mass is 10.1. The lowest BCUT2D eigenvalue weighted by Gasteiger charge is -2.05. The van der Waals surface area contributed by atoms with Crippen molar-refractivity contribution in [3.8, 4) is 17.0 Å². The lowest BCUT2D eigenvalue weighted by molar-refractivity contribution is 0.415. The van der Waals surface area contributed by atoms with E-state index in [2.05, 4.69) is 9.97 Å². The van der Waals surface area contributed by atoms with Crippen LogP contribution in [-0.2, 0) is 9.84 Å². The first-order chi connectivity index (χ1) is 9.06. The molecule has 1 aromatic carbocycles. The quantitative estimate of drug-likeness (QED) is 0.799. The molecule has 100 valence electrons. The van der Waals surface area contributed by atoms with E-state index in [-0.39, 0.29) is 10.9 Å². The minimum atomic E-state index is -3.40. The zero-order chi connectivity index (χ0) is 13.9. The van der Waals surface area contributed by atoms with E-state index >= 15 is 0 Å². The summed E-state index contributed by atoms with van der Waals surface area (Å²) in [6, 6.07) is 8.94. The molecular formula is C13H14N2O3S. The van der Waals surface area contributed by atoms with E-state index < -0.39 is 9.84 Å². The predicted octanol–water partition coefficient (Wildman–Crippen LogP) is 1.95. The number of hydrogen-bond donors (Lipinski definition) is 0. The van der Waals surface area contributed by atoms with Crippen molar-refractivity contribution < 1.29 is 13.2 Å². The van der Waals surface area contributed by atoms with Gasteiger partial charge in [-0.1, -0.05) is 19.1 Å². The molecular weight excluding hydrogens is 264 g/mol. The molecule has 2 aromatic rings. The molecule has 6 heteroatoms. The van der Waals surface area contributed by atoms with Gasteiger partial charge in [-0.2, -0.15) is 0 Å². The maximum absolute atomic E-state index is 11.8. The Kier molecular flexibility index (Phi) is 3.80. The molecule has 0 aliphatic carbocycles. The number of methoxy groups -OCH3 is 1. The van der Waals surface area contributed by atoms with Crippen LogP contribution in [0.4, 0.5) is 0 Å². The van der Waals surface area contributed by atoms with E-state index in [4.69, 9.17) is 4.74 Å². The molecule has 0 radical (unpaired) electrons. The fourth-order valence-corrected chi connectivity index (χ4v) is 2.28. The third-order valence-electron chi connectivity index (χ3n) is 2.66. The van der Waals surface area contributed by atoms with E-state index in [1.807, 2.05) is 18.2 Å². The number of benzene rings is 1. The second-order valence-electron chi connectivity index (χ2n) is 3.86. The number of aromatic nitrogens is 2. The third-order valence-corrected chi connectivity index (χ3v) is 4.17. The summed E-state index contributed by atoms with van der Waals surface area (Å²) in [5, 5.41) is -0.143. The van der Waals surface area contributed by atoms with Crippen molar-refractivity contribution in [3.63, 3.8) is 0 Å². The fraction of sp³-hybridized carbons (Fsp3) is 0.231. The van der Waals surface area contributed by atoms with Gasteiger partial charge in [0.15, 0.2) is 0 Å². The first-order valence-corrected chi connectivity index (χ1v) is 7.42. The van der Waals surface area contributed by atoms with E-state index in [0.717, 1.165) is 5.56 Å². The van der Waals surface area contributed by atoms with Crippen LogP contribution in [0.3, 0.4) is 0 Å². The maximum Gasteiger partial charge on any atom is 0.247 e. The van der Waals surface area contributed by atoms with E-state index in [9.17, 15) is 8.42 Å². The van der Waals surface area contributed by atoms with Gasteiger partial charge in [-0.25, -0.2) is 18.4 Å². The van der Waals surface area contributed by atoms with Gasteiger partial charge in [-0.15, -0.1) is 0 Å². The topological polar surface area (TPSA) is 69.2 Å². The van der Waals surface area contributed by atoms with Crippen LogP contribution in [0.25, 0.3) is 11.3 Å². The van der Waals surface area contributed by atoms with Gasteiger partial charge in [0.1, 0.15) is 5.75 Å². The zero-order valence-corrected chi connectivity index (χ0v) is 11.5. The highest BCUT2D eigenvalue weighted by atomic mass is 32.2. The minimum Gasteiger partial charge on any atom is -0.497 e. The van der Waals surface area contributed by atoms with Crippen molar-refractivity contribution in [3.05, 3.63) is 36.5 Å². The van der Waals surface area contributed by atoms with Crippen LogP contribution in [0.5, 0.6) is 5.75 Å². The van der Waals surface area contributed by atoms with Crippen LogP contribution in [0, 0.1) is 0 Å². The van der Waals surface area contributed by atoms with E-state index in [0.29, 0.717) is 11.4 Å². The summed E-state index contributed by atoms with van der Waals surface area (Å²) in [5.74, 6) is 0.671. The minimum absolute atomic E-state index is 0.0193. The fourth-order valence-electron chi connectivity index (χ4n) is 1.56. The van der Waals surface area contributed by atoms with Crippen LogP contribution in [0.2, 0.25) is 0 Å². The lowest BCUT2D eigenvalue weighted by Crippen LogP contribution is -2.08. The van der Waals surface area contributed by atoms with Gasteiger partial charge in [0.2, 0.25) is 15.0 Å². The monoisotopic (exact) mass is 278 g/mol. The Hall–Kier alpha value is -1.95. The van der Waals surface area contributed by atoms with Crippen LogP contribution in [-0.4, -0.2) is 31.2 Å². The molecule has 2 rings (SSSR count). The maximum atomic E-state index is 11.8. The summed E-state index contributed by atoms with van der Waals surface area (Å²) in [5.41, 5.74) is 1.34. The van der Waals surface area contributed by atoms with Crippen LogP contribution in [0.1, 0.15) is 6.92 Å². The van der Waals surface area contributed by atoms with Gasteiger partial charge in [0, 0.05) is 11.8 Å². The van der Waals surface area contributed by atoms with Crippen molar-refractivity contribution in [1.29, 1.82) is 0 Å². The number of sulfone groups is 1. The molecule has 0 spiro atoms. The molecule has 0 atom stereocenters. The highest BCUT2D eigenvalue weighted by molar-refractivity contribution is 7.91. The Bertz CT molecular complexity index is 684. The normalized spacial score (nSPS) is 11.3. The molecule has 19 heavy (non-hydrogen) atoms. The Morgan fingerprint density at radius 2 is 2.05 bits per heavy atom. The van der Waals surface area contributed by atoms with Gasteiger partial charge in [-0.05, 0) is 18.2 Å². The summed E-state index contributed by atoms with van der Waals surface area (Å²) in [7, 11) is -1.82. The average molecular weight is 278 g/mol. The number of nitrogens with zero attached hydrogens (tertiary/aromatic N) is 2. The van der Waals surface area contributed by atoms with E-state index in [1.165, 1.54) is 6.20 Å². The number of ether oxygens (including phenoxy) is 1. The third kappa shape index (κ3) is 2.90. The van der Waals surface area contributed by atoms with E-state index in [1.54, 1.807) is 26.2 Å². The molecule has 1 heterocycles. The van der Waals surface area contributed by atoms with Crippen molar-refractivity contribution >= 4 is 9.84 Å².